The maximum Gasteiger partial charge on any atom is 0.253 e. The maximum absolute atomic E-state index is 12.6. The molecule has 2 aliphatic heterocycles. The van der Waals surface area contributed by atoms with E-state index in [1.807, 2.05) is 4.90 Å². The molecule has 3 rings (SSSR count). The van der Waals surface area contributed by atoms with Crippen molar-refractivity contribution in [1.29, 1.82) is 0 Å². The molecule has 28 heavy (non-hydrogen) atoms. The molecule has 6 heteroatoms. The molecule has 0 saturated carbocycles. The van der Waals surface area contributed by atoms with Crippen LogP contribution in [0.4, 0.5) is 5.69 Å². The third-order valence-corrected chi connectivity index (χ3v) is 5.64. The Morgan fingerprint density at radius 1 is 0.893 bits per heavy atom. The van der Waals surface area contributed by atoms with Gasteiger partial charge in [0.25, 0.3) is 5.91 Å². The molecule has 0 radical (unpaired) electrons. The third kappa shape index (κ3) is 5.00. The van der Waals surface area contributed by atoms with Crippen molar-refractivity contribution in [2.75, 3.05) is 31.5 Å². The van der Waals surface area contributed by atoms with Crippen molar-refractivity contribution < 1.29 is 14.4 Å². The Kier molecular flexibility index (Phi) is 6.85. The predicted octanol–water partition coefficient (Wildman–Crippen LogP) is 3.07. The van der Waals surface area contributed by atoms with Crippen molar-refractivity contribution >= 4 is 23.4 Å². The lowest BCUT2D eigenvalue weighted by Gasteiger charge is -2.30. The van der Waals surface area contributed by atoms with Gasteiger partial charge in [-0.25, -0.2) is 0 Å². The number of likely N-dealkylation sites (tertiary alicyclic amines) is 2. The molecule has 0 spiro atoms. The maximum atomic E-state index is 12.6. The number of amides is 3. The van der Waals surface area contributed by atoms with Crippen LogP contribution in [0.3, 0.4) is 0 Å². The average Bonchev–Trinajstić information content (AvgIpc) is 3.03. The molecule has 2 saturated heterocycles. The number of rotatable bonds is 4. The summed E-state index contributed by atoms with van der Waals surface area (Å²) in [6, 6.07) is 7.15. The number of hydrogen-bond acceptors (Lipinski definition) is 3. The lowest BCUT2D eigenvalue weighted by molar-refractivity contribution is -0.130. The van der Waals surface area contributed by atoms with E-state index in [0.717, 1.165) is 25.9 Å². The normalized spacial score (nSPS) is 18.3. The molecule has 2 fully saturated rings. The molecule has 150 valence electrons. The van der Waals surface area contributed by atoms with Gasteiger partial charge in [-0.15, -0.1) is 0 Å². The Balaban J connectivity index is 1.52. The number of carbonyl (C=O) groups excluding carboxylic acids is 3. The molecule has 0 bridgehead atoms. The Morgan fingerprint density at radius 2 is 1.50 bits per heavy atom. The number of anilines is 1. The number of nitrogens with zero attached hydrogens (tertiary/aromatic N) is 2. The topological polar surface area (TPSA) is 69.7 Å². The van der Waals surface area contributed by atoms with Crippen molar-refractivity contribution in [3.8, 4) is 0 Å². The lowest BCUT2D eigenvalue weighted by atomic mass is 9.95. The van der Waals surface area contributed by atoms with Crippen LogP contribution in [0.25, 0.3) is 0 Å². The summed E-state index contributed by atoms with van der Waals surface area (Å²) < 4.78 is 0. The summed E-state index contributed by atoms with van der Waals surface area (Å²) in [5.41, 5.74) is 1.36. The zero-order valence-electron chi connectivity index (χ0n) is 16.4. The number of piperidine rings is 1. The van der Waals surface area contributed by atoms with Gasteiger partial charge in [0.05, 0.1) is 0 Å². The highest BCUT2D eigenvalue weighted by Gasteiger charge is 2.26. The monoisotopic (exact) mass is 383 g/mol. The van der Waals surface area contributed by atoms with Gasteiger partial charge in [-0.1, -0.05) is 19.4 Å². The quantitative estimate of drug-likeness (QED) is 0.813. The second-order valence-corrected chi connectivity index (χ2v) is 7.58. The number of hydrogen-bond donors (Lipinski definition) is 1. The summed E-state index contributed by atoms with van der Waals surface area (Å²) in [7, 11) is 0. The Hall–Kier alpha value is -2.63. The molecule has 3 amide bonds. The minimum atomic E-state index is -0.104. The molecule has 1 N–H and O–H groups in total. The fraction of sp³-hybridized carbons (Fsp3) is 0.500. The van der Waals surface area contributed by atoms with Gasteiger partial charge in [0.2, 0.25) is 11.8 Å². The number of carbonyl (C=O) groups is 3. The van der Waals surface area contributed by atoms with E-state index in [4.69, 9.17) is 0 Å². The minimum Gasteiger partial charge on any atom is -0.339 e. The van der Waals surface area contributed by atoms with Gasteiger partial charge >= 0.3 is 0 Å². The van der Waals surface area contributed by atoms with Crippen molar-refractivity contribution in [2.24, 2.45) is 5.92 Å². The van der Waals surface area contributed by atoms with Crippen LogP contribution in [0.5, 0.6) is 0 Å². The molecule has 0 atom stereocenters. The summed E-state index contributed by atoms with van der Waals surface area (Å²) in [6.45, 7) is 6.30. The average molecular weight is 383 g/mol. The molecular weight excluding hydrogens is 354 g/mol. The van der Waals surface area contributed by atoms with Crippen LogP contribution in [-0.4, -0.2) is 53.7 Å². The highest BCUT2D eigenvalue weighted by Crippen LogP contribution is 2.21. The smallest absolute Gasteiger partial charge is 0.253 e. The van der Waals surface area contributed by atoms with Gasteiger partial charge in [0.1, 0.15) is 0 Å². The minimum absolute atomic E-state index is 0.0303. The molecule has 2 aliphatic rings. The molecule has 1 aromatic rings. The molecular formula is C22H29N3O3. The fourth-order valence-electron chi connectivity index (χ4n) is 3.89. The Labute approximate surface area is 166 Å². The van der Waals surface area contributed by atoms with Crippen LogP contribution >= 0.6 is 0 Å². The second kappa shape index (κ2) is 9.53. The highest BCUT2D eigenvalue weighted by molar-refractivity contribution is 5.96. The van der Waals surface area contributed by atoms with Gasteiger partial charge < -0.3 is 15.1 Å². The van der Waals surface area contributed by atoms with Crippen molar-refractivity contribution in [1.82, 2.24) is 9.80 Å². The van der Waals surface area contributed by atoms with Gasteiger partial charge in [-0.2, -0.15) is 0 Å². The van der Waals surface area contributed by atoms with Crippen LogP contribution in [0.15, 0.2) is 36.9 Å². The fourth-order valence-corrected chi connectivity index (χ4v) is 3.89. The van der Waals surface area contributed by atoms with Crippen LogP contribution in [0.1, 0.15) is 48.9 Å². The Morgan fingerprint density at radius 3 is 2.07 bits per heavy atom. The predicted molar refractivity (Wildman–Crippen MR) is 109 cm³/mol. The van der Waals surface area contributed by atoms with Crippen molar-refractivity contribution in [2.45, 2.75) is 38.5 Å². The number of nitrogens with one attached hydrogen (secondary N) is 1. The van der Waals surface area contributed by atoms with E-state index < -0.39 is 0 Å². The largest absolute Gasteiger partial charge is 0.339 e. The first kappa shape index (κ1) is 20.1. The van der Waals surface area contributed by atoms with Crippen LogP contribution in [-0.2, 0) is 9.59 Å². The number of benzene rings is 1. The highest BCUT2D eigenvalue weighted by atomic mass is 16.2. The van der Waals surface area contributed by atoms with E-state index in [-0.39, 0.29) is 23.6 Å². The first-order chi connectivity index (χ1) is 13.6. The van der Waals surface area contributed by atoms with Gasteiger partial charge in [-0.3, -0.25) is 14.4 Å². The van der Waals surface area contributed by atoms with E-state index in [2.05, 4.69) is 11.9 Å². The van der Waals surface area contributed by atoms with Gasteiger partial charge in [0, 0.05) is 43.3 Å². The van der Waals surface area contributed by atoms with E-state index in [1.165, 1.54) is 18.9 Å². The molecule has 0 aromatic heterocycles. The Bertz CT molecular complexity index is 713. The summed E-state index contributed by atoms with van der Waals surface area (Å²) >= 11 is 0. The summed E-state index contributed by atoms with van der Waals surface area (Å²) in [4.78, 5) is 40.4. The molecule has 0 unspecified atom stereocenters. The first-order valence-electron chi connectivity index (χ1n) is 10.2. The van der Waals surface area contributed by atoms with E-state index in [9.17, 15) is 14.4 Å². The van der Waals surface area contributed by atoms with Gasteiger partial charge in [0.15, 0.2) is 0 Å². The summed E-state index contributed by atoms with van der Waals surface area (Å²) in [5.74, 6) is -0.146. The second-order valence-electron chi connectivity index (χ2n) is 7.58. The lowest BCUT2D eigenvalue weighted by Crippen LogP contribution is -2.40. The zero-order valence-corrected chi connectivity index (χ0v) is 16.4. The zero-order chi connectivity index (χ0) is 19.9. The van der Waals surface area contributed by atoms with Crippen molar-refractivity contribution in [3.05, 3.63) is 42.5 Å². The molecule has 0 aliphatic carbocycles. The van der Waals surface area contributed by atoms with Gasteiger partial charge in [-0.05, 0) is 56.0 Å². The van der Waals surface area contributed by atoms with E-state index >= 15 is 0 Å². The van der Waals surface area contributed by atoms with Crippen LogP contribution in [0.2, 0.25) is 0 Å². The standard InChI is InChI=1S/C22H29N3O3/c1-2-20(26)24-15-11-17(12-16-24)21(27)23-19-9-7-18(8-10-19)22(28)25-13-5-3-4-6-14-25/h2,7-10,17H,1,3-6,11-16H2,(H,23,27). The molecule has 2 heterocycles. The van der Waals surface area contributed by atoms with E-state index in [0.29, 0.717) is 37.2 Å². The van der Waals surface area contributed by atoms with Crippen LogP contribution in [0, 0.1) is 5.92 Å². The molecule has 6 nitrogen and oxygen atoms in total. The summed E-state index contributed by atoms with van der Waals surface area (Å²) in [6.07, 6.45) is 7.13. The summed E-state index contributed by atoms with van der Waals surface area (Å²) in [5, 5.41) is 2.94. The first-order valence-corrected chi connectivity index (χ1v) is 10.2. The SMILES string of the molecule is C=CC(=O)N1CCC(C(=O)Nc2ccc(C(=O)N3CCCCCC3)cc2)CC1. The van der Waals surface area contributed by atoms with Crippen molar-refractivity contribution in [3.63, 3.8) is 0 Å². The van der Waals surface area contributed by atoms with E-state index in [1.54, 1.807) is 29.2 Å². The molecule has 1 aromatic carbocycles. The van der Waals surface area contributed by atoms with Crippen LogP contribution < -0.4 is 5.32 Å². The third-order valence-electron chi connectivity index (χ3n) is 5.64.